The van der Waals surface area contributed by atoms with Gasteiger partial charge in [0.1, 0.15) is 0 Å². The van der Waals surface area contributed by atoms with Gasteiger partial charge in [-0.3, -0.25) is 9.59 Å². The predicted molar refractivity (Wildman–Crippen MR) is 99.5 cm³/mol. The number of amides is 2. The van der Waals surface area contributed by atoms with Crippen molar-refractivity contribution < 1.29 is 9.59 Å². The summed E-state index contributed by atoms with van der Waals surface area (Å²) in [6.07, 6.45) is 6.41. The van der Waals surface area contributed by atoms with Crippen LogP contribution < -0.4 is 0 Å². The predicted octanol–water partition coefficient (Wildman–Crippen LogP) is 2.57. The van der Waals surface area contributed by atoms with Gasteiger partial charge < -0.3 is 14.8 Å². The number of piperidine rings is 3. The molecular formula is C21H25N3O2. The molecule has 136 valence electrons. The molecule has 5 nitrogen and oxygen atoms in total. The van der Waals surface area contributed by atoms with E-state index in [4.69, 9.17) is 0 Å². The van der Waals surface area contributed by atoms with Crippen LogP contribution in [0.3, 0.4) is 0 Å². The molecule has 3 fully saturated rings. The Balaban J connectivity index is 1.32. The lowest BCUT2D eigenvalue weighted by Crippen LogP contribution is -2.61. The van der Waals surface area contributed by atoms with Crippen LogP contribution in [-0.4, -0.2) is 52.3 Å². The molecule has 0 aliphatic carbocycles. The van der Waals surface area contributed by atoms with Crippen molar-refractivity contribution in [3.8, 4) is 0 Å². The van der Waals surface area contributed by atoms with E-state index in [2.05, 4.69) is 20.9 Å². The summed E-state index contributed by atoms with van der Waals surface area (Å²) in [5.74, 6) is 1.45. The number of hydrogen-bond donors (Lipinski definition) is 1. The molecule has 0 saturated carbocycles. The second-order valence-corrected chi connectivity index (χ2v) is 8.20. The Morgan fingerprint density at radius 2 is 2.08 bits per heavy atom. The van der Waals surface area contributed by atoms with Crippen LogP contribution in [0.15, 0.2) is 30.5 Å². The van der Waals surface area contributed by atoms with Crippen molar-refractivity contribution in [3.05, 3.63) is 36.0 Å². The fourth-order valence-electron chi connectivity index (χ4n) is 5.37. The lowest BCUT2D eigenvalue weighted by molar-refractivity contribution is -0.148. The van der Waals surface area contributed by atoms with Gasteiger partial charge in [0.25, 0.3) is 0 Å². The van der Waals surface area contributed by atoms with E-state index in [9.17, 15) is 9.59 Å². The number of nitrogens with zero attached hydrogens (tertiary/aromatic N) is 2. The molecule has 2 unspecified atom stereocenters. The number of H-pyrrole nitrogens is 1. The van der Waals surface area contributed by atoms with Crippen LogP contribution in [0.5, 0.6) is 0 Å². The summed E-state index contributed by atoms with van der Waals surface area (Å²) in [6.45, 7) is 2.46. The monoisotopic (exact) mass is 351 g/mol. The maximum atomic E-state index is 13.0. The number of aromatic nitrogens is 1. The van der Waals surface area contributed by atoms with Crippen LogP contribution >= 0.6 is 0 Å². The number of rotatable bonds is 2. The van der Waals surface area contributed by atoms with Gasteiger partial charge in [-0.15, -0.1) is 0 Å². The smallest absolute Gasteiger partial charge is 0.227 e. The highest BCUT2D eigenvalue weighted by Gasteiger charge is 2.44. The van der Waals surface area contributed by atoms with Gasteiger partial charge in [-0.05, 0) is 42.7 Å². The Bertz CT molecular complexity index is 858. The lowest BCUT2D eigenvalue weighted by atomic mass is 9.76. The molecule has 3 aliphatic rings. The van der Waals surface area contributed by atoms with Crippen LogP contribution in [-0.2, 0) is 16.0 Å². The molecule has 2 aromatic rings. The first-order valence-electron chi connectivity index (χ1n) is 9.81. The molecule has 0 radical (unpaired) electrons. The topological polar surface area (TPSA) is 56.4 Å². The van der Waals surface area contributed by atoms with Crippen molar-refractivity contribution in [1.29, 1.82) is 0 Å². The number of para-hydroxylation sites is 1. The zero-order chi connectivity index (χ0) is 17.7. The number of likely N-dealkylation sites (tertiary alicyclic amines) is 1. The SMILES string of the molecule is O=C(Cc1c[nH]c2ccccc12)N1CC2CC(C1)[C@H]1CCCC(=O)N1C2. The van der Waals surface area contributed by atoms with E-state index in [1.165, 1.54) is 6.42 Å². The average Bonchev–Trinajstić information content (AvgIpc) is 3.05. The Morgan fingerprint density at radius 3 is 3.00 bits per heavy atom. The van der Waals surface area contributed by atoms with Crippen LogP contribution in [0.1, 0.15) is 31.2 Å². The molecule has 3 atom stereocenters. The first kappa shape index (κ1) is 15.9. The third-order valence-corrected chi connectivity index (χ3v) is 6.55. The second-order valence-electron chi connectivity index (χ2n) is 8.20. The zero-order valence-electron chi connectivity index (χ0n) is 15.0. The fourth-order valence-corrected chi connectivity index (χ4v) is 5.37. The molecule has 5 rings (SSSR count). The highest BCUT2D eigenvalue weighted by molar-refractivity contribution is 5.89. The van der Waals surface area contributed by atoms with Gasteiger partial charge in [0.2, 0.25) is 11.8 Å². The molecule has 3 aliphatic heterocycles. The number of benzene rings is 1. The molecule has 3 saturated heterocycles. The van der Waals surface area contributed by atoms with E-state index in [1.807, 2.05) is 24.4 Å². The Morgan fingerprint density at radius 1 is 1.19 bits per heavy atom. The van der Waals surface area contributed by atoms with Crippen LogP contribution in [0.25, 0.3) is 10.9 Å². The largest absolute Gasteiger partial charge is 0.361 e. The second kappa shape index (κ2) is 6.15. The van der Waals surface area contributed by atoms with Gasteiger partial charge in [0.15, 0.2) is 0 Å². The molecule has 0 spiro atoms. The molecular weight excluding hydrogens is 326 g/mol. The van der Waals surface area contributed by atoms with Gasteiger partial charge in [0, 0.05) is 49.2 Å². The van der Waals surface area contributed by atoms with Gasteiger partial charge in [-0.25, -0.2) is 0 Å². The lowest BCUT2D eigenvalue weighted by Gasteiger charge is -2.52. The molecule has 2 bridgehead atoms. The van der Waals surface area contributed by atoms with Gasteiger partial charge in [0.05, 0.1) is 6.42 Å². The van der Waals surface area contributed by atoms with Gasteiger partial charge in [-0.2, -0.15) is 0 Å². The minimum absolute atomic E-state index is 0.222. The summed E-state index contributed by atoms with van der Waals surface area (Å²) in [6, 6.07) is 8.50. The van der Waals surface area contributed by atoms with Crippen molar-refractivity contribution >= 4 is 22.7 Å². The van der Waals surface area contributed by atoms with Crippen LogP contribution in [0.4, 0.5) is 0 Å². The fraction of sp³-hybridized carbons (Fsp3) is 0.524. The maximum Gasteiger partial charge on any atom is 0.227 e. The zero-order valence-corrected chi connectivity index (χ0v) is 15.0. The van der Waals surface area contributed by atoms with Crippen molar-refractivity contribution in [2.24, 2.45) is 11.8 Å². The first-order chi connectivity index (χ1) is 12.7. The maximum absolute atomic E-state index is 13.0. The van der Waals surface area contributed by atoms with Crippen LogP contribution in [0.2, 0.25) is 0 Å². The Kier molecular flexibility index (Phi) is 3.76. The number of hydrogen-bond acceptors (Lipinski definition) is 2. The van der Waals surface area contributed by atoms with Crippen LogP contribution in [0, 0.1) is 11.8 Å². The molecule has 2 amide bonds. The quantitative estimate of drug-likeness (QED) is 0.904. The van der Waals surface area contributed by atoms with E-state index in [0.29, 0.717) is 36.6 Å². The normalized spacial score (nSPS) is 28.3. The van der Waals surface area contributed by atoms with E-state index >= 15 is 0 Å². The Hall–Kier alpha value is -2.30. The summed E-state index contributed by atoms with van der Waals surface area (Å²) in [5.41, 5.74) is 2.16. The average molecular weight is 351 g/mol. The molecule has 26 heavy (non-hydrogen) atoms. The number of fused-ring (bicyclic) bond motifs is 5. The van der Waals surface area contributed by atoms with E-state index in [1.54, 1.807) is 0 Å². The van der Waals surface area contributed by atoms with Crippen molar-refractivity contribution in [3.63, 3.8) is 0 Å². The Labute approximate surface area is 153 Å². The summed E-state index contributed by atoms with van der Waals surface area (Å²) in [5, 5.41) is 1.14. The number of aromatic amines is 1. The summed E-state index contributed by atoms with van der Waals surface area (Å²) in [7, 11) is 0. The van der Waals surface area contributed by atoms with E-state index < -0.39 is 0 Å². The number of nitrogens with one attached hydrogen (secondary N) is 1. The van der Waals surface area contributed by atoms with Crippen molar-refractivity contribution in [1.82, 2.24) is 14.8 Å². The standard InChI is InChI=1S/C21H25N3O2/c25-20-7-3-6-19-16-8-14(12-24(19)20)11-23(13-16)21(26)9-15-10-22-18-5-2-1-4-17(15)18/h1-2,4-5,10,14,16,19,22H,3,6-9,11-13H2/t14?,16?,19-/m1/s1. The van der Waals surface area contributed by atoms with Gasteiger partial charge in [-0.1, -0.05) is 18.2 Å². The van der Waals surface area contributed by atoms with Crippen molar-refractivity contribution in [2.75, 3.05) is 19.6 Å². The highest BCUT2D eigenvalue weighted by atomic mass is 16.2. The summed E-state index contributed by atoms with van der Waals surface area (Å²) < 4.78 is 0. The summed E-state index contributed by atoms with van der Waals surface area (Å²) in [4.78, 5) is 32.7. The molecule has 1 aromatic heterocycles. The molecule has 5 heteroatoms. The minimum atomic E-state index is 0.222. The van der Waals surface area contributed by atoms with Gasteiger partial charge >= 0.3 is 0 Å². The molecule has 4 heterocycles. The van der Waals surface area contributed by atoms with Crippen molar-refractivity contribution in [2.45, 2.75) is 38.1 Å². The number of carbonyl (C=O) groups excluding carboxylic acids is 2. The molecule has 1 aromatic carbocycles. The number of carbonyl (C=O) groups is 2. The summed E-state index contributed by atoms with van der Waals surface area (Å²) >= 11 is 0. The van der Waals surface area contributed by atoms with E-state index in [-0.39, 0.29) is 5.91 Å². The first-order valence-corrected chi connectivity index (χ1v) is 9.81. The highest BCUT2D eigenvalue weighted by Crippen LogP contribution is 2.38. The van der Waals surface area contributed by atoms with E-state index in [0.717, 1.165) is 48.9 Å². The minimum Gasteiger partial charge on any atom is -0.361 e. The molecule has 1 N–H and O–H groups in total. The third kappa shape index (κ3) is 2.61. The third-order valence-electron chi connectivity index (χ3n) is 6.55.